The van der Waals surface area contributed by atoms with Crippen molar-refractivity contribution in [2.75, 3.05) is 11.1 Å². The van der Waals surface area contributed by atoms with Crippen LogP contribution in [0.1, 0.15) is 37.7 Å². The number of fused-ring (bicyclic) bond motifs is 1. The molecule has 1 amide bonds. The van der Waals surface area contributed by atoms with E-state index in [1.54, 1.807) is 16.8 Å². The number of nitrogens with zero attached hydrogens (tertiary/aromatic N) is 4. The Hall–Kier alpha value is -3.48. The van der Waals surface area contributed by atoms with Crippen LogP contribution in [0.5, 0.6) is 0 Å². The molecule has 0 radical (unpaired) electrons. The van der Waals surface area contributed by atoms with Crippen molar-refractivity contribution in [2.45, 2.75) is 44.2 Å². The molecule has 0 spiro atoms. The third-order valence-electron chi connectivity index (χ3n) is 4.72. The number of carbonyl (C=O) groups excluding carboxylic acids is 1. The summed E-state index contributed by atoms with van der Waals surface area (Å²) in [7, 11) is 0. The van der Waals surface area contributed by atoms with Gasteiger partial charge >= 0.3 is 0 Å². The zero-order valence-corrected chi connectivity index (χ0v) is 14.7. The summed E-state index contributed by atoms with van der Waals surface area (Å²) in [5.74, 6) is -0.368. The van der Waals surface area contributed by atoms with Crippen LogP contribution in [0.2, 0.25) is 0 Å². The molecular formula is C17H22N8O2. The van der Waals surface area contributed by atoms with Gasteiger partial charge in [-0.05, 0) is 18.9 Å². The molecule has 2 heterocycles. The van der Waals surface area contributed by atoms with Gasteiger partial charge in [-0.3, -0.25) is 4.79 Å². The molecule has 2 atom stereocenters. The van der Waals surface area contributed by atoms with Gasteiger partial charge in [-0.25, -0.2) is 4.52 Å². The monoisotopic (exact) mass is 370 g/mol. The summed E-state index contributed by atoms with van der Waals surface area (Å²) in [4.78, 5) is 11.9. The molecule has 2 aromatic rings. The number of nitrogen functional groups attached to an aromatic ring is 1. The van der Waals surface area contributed by atoms with Crippen molar-refractivity contribution < 1.29 is 10.0 Å². The van der Waals surface area contributed by atoms with Crippen LogP contribution in [-0.4, -0.2) is 38.6 Å². The summed E-state index contributed by atoms with van der Waals surface area (Å²) >= 11 is 0. The van der Waals surface area contributed by atoms with Gasteiger partial charge in [0.1, 0.15) is 6.42 Å². The molecule has 1 aliphatic rings. The molecular weight excluding hydrogens is 348 g/mol. The minimum atomic E-state index is -0.292. The molecule has 0 aromatic carbocycles. The van der Waals surface area contributed by atoms with Crippen molar-refractivity contribution >= 4 is 28.6 Å². The van der Waals surface area contributed by atoms with Gasteiger partial charge in [-0.15, -0.1) is 0 Å². The molecule has 27 heavy (non-hydrogen) atoms. The summed E-state index contributed by atoms with van der Waals surface area (Å²) in [5, 5.41) is 31.5. The lowest BCUT2D eigenvalue weighted by Crippen LogP contribution is -2.48. The highest BCUT2D eigenvalue weighted by Gasteiger charge is 2.28. The molecule has 10 nitrogen and oxygen atoms in total. The fourth-order valence-corrected chi connectivity index (χ4v) is 3.47. The van der Waals surface area contributed by atoms with E-state index in [9.17, 15) is 4.79 Å². The Morgan fingerprint density at radius 2 is 2.19 bits per heavy atom. The number of carbonyl (C=O) groups is 1. The van der Waals surface area contributed by atoms with Crippen LogP contribution >= 0.6 is 0 Å². The lowest BCUT2D eigenvalue weighted by atomic mass is 9.89. The summed E-state index contributed by atoms with van der Waals surface area (Å²) in [6.45, 7) is 0. The topological polar surface area (TPSA) is 167 Å². The lowest BCUT2D eigenvalue weighted by Gasteiger charge is -2.34. The number of hydrogen-bond acceptors (Lipinski definition) is 7. The van der Waals surface area contributed by atoms with Crippen LogP contribution in [0.4, 0.5) is 11.4 Å². The van der Waals surface area contributed by atoms with Gasteiger partial charge in [0.15, 0.2) is 5.84 Å². The van der Waals surface area contributed by atoms with E-state index >= 15 is 0 Å². The fourth-order valence-electron chi connectivity index (χ4n) is 3.47. The molecule has 0 unspecified atom stereocenters. The van der Waals surface area contributed by atoms with Crippen LogP contribution in [0.25, 0.3) is 5.52 Å². The van der Waals surface area contributed by atoms with Gasteiger partial charge in [-0.1, -0.05) is 18.0 Å². The number of nitrogens with two attached hydrogens (primary N) is 2. The van der Waals surface area contributed by atoms with Crippen LogP contribution < -0.4 is 22.1 Å². The molecule has 0 bridgehead atoms. The second kappa shape index (κ2) is 7.82. The zero-order valence-electron chi connectivity index (χ0n) is 14.7. The lowest BCUT2D eigenvalue weighted by molar-refractivity contribution is -0.121. The van der Waals surface area contributed by atoms with E-state index in [0.717, 1.165) is 25.7 Å². The van der Waals surface area contributed by atoms with Crippen molar-refractivity contribution in [3.8, 4) is 6.07 Å². The second-order valence-electron chi connectivity index (χ2n) is 6.57. The van der Waals surface area contributed by atoms with Crippen molar-refractivity contribution in [3.05, 3.63) is 24.0 Å². The fraction of sp³-hybridized carbons (Fsp3) is 0.412. The number of amidine groups is 1. The summed E-state index contributed by atoms with van der Waals surface area (Å²) in [5.41, 5.74) is 14.0. The highest BCUT2D eigenvalue weighted by Crippen LogP contribution is 2.29. The van der Waals surface area contributed by atoms with E-state index in [4.69, 9.17) is 21.9 Å². The summed E-state index contributed by atoms with van der Waals surface area (Å²) in [6, 6.07) is 3.41. The zero-order chi connectivity index (χ0) is 19.4. The molecule has 0 aliphatic heterocycles. The standard InChI is InChI=1S/C17H22N8O2/c18-6-5-15(26)22-12-3-1-2-4-13(12)23-16-11(17(20)24-27)8-21-25-9-10(19)7-14(16)25/h7-9,12-13,23,27H,1-5,19H2,(H2,20,24)(H,22,26)/t12-,13-/m0/s1. The Balaban J connectivity index is 1.95. The number of anilines is 2. The van der Waals surface area contributed by atoms with Crippen molar-refractivity contribution in [1.82, 2.24) is 14.9 Å². The van der Waals surface area contributed by atoms with Crippen LogP contribution in [0.3, 0.4) is 0 Å². The molecule has 1 saturated carbocycles. The molecule has 2 aromatic heterocycles. The molecule has 10 heteroatoms. The number of nitrogens with one attached hydrogen (secondary N) is 2. The summed E-state index contributed by atoms with van der Waals surface area (Å²) < 4.78 is 1.61. The molecule has 3 rings (SSSR count). The number of oxime groups is 1. The van der Waals surface area contributed by atoms with Gasteiger partial charge in [-0.2, -0.15) is 10.4 Å². The highest BCUT2D eigenvalue weighted by atomic mass is 16.4. The Kier molecular flexibility index (Phi) is 5.30. The van der Waals surface area contributed by atoms with Gasteiger partial charge in [0.25, 0.3) is 0 Å². The Morgan fingerprint density at radius 3 is 2.89 bits per heavy atom. The Morgan fingerprint density at radius 1 is 1.44 bits per heavy atom. The maximum atomic E-state index is 11.9. The first kappa shape index (κ1) is 18.3. The maximum absolute atomic E-state index is 11.9. The number of rotatable bonds is 5. The Labute approximate surface area is 155 Å². The Bertz CT molecular complexity index is 914. The van der Waals surface area contributed by atoms with E-state index in [1.165, 1.54) is 6.20 Å². The van der Waals surface area contributed by atoms with E-state index in [-0.39, 0.29) is 30.2 Å². The average Bonchev–Trinajstić information content (AvgIpc) is 3.04. The van der Waals surface area contributed by atoms with E-state index < -0.39 is 0 Å². The quantitative estimate of drug-likeness (QED) is 0.224. The van der Waals surface area contributed by atoms with Gasteiger partial charge in [0, 0.05) is 12.1 Å². The van der Waals surface area contributed by atoms with Gasteiger partial charge in [0.05, 0.1) is 40.9 Å². The first-order chi connectivity index (χ1) is 13.0. The third kappa shape index (κ3) is 3.87. The molecule has 1 fully saturated rings. The number of hydrogen-bond donors (Lipinski definition) is 5. The second-order valence-corrected chi connectivity index (χ2v) is 6.57. The number of nitriles is 1. The predicted octanol–water partition coefficient (Wildman–Crippen LogP) is 0.764. The van der Waals surface area contributed by atoms with Crippen LogP contribution in [0, 0.1) is 11.3 Å². The largest absolute Gasteiger partial charge is 0.409 e. The average molecular weight is 370 g/mol. The van der Waals surface area contributed by atoms with E-state index in [2.05, 4.69) is 20.9 Å². The third-order valence-corrected chi connectivity index (χ3v) is 4.72. The SMILES string of the molecule is N#CCC(=O)N[C@H]1CCCC[C@@H]1Nc1c(C(N)=NO)cnn2cc(N)cc12. The molecule has 142 valence electrons. The van der Waals surface area contributed by atoms with Crippen molar-refractivity contribution in [3.63, 3.8) is 0 Å². The first-order valence-corrected chi connectivity index (χ1v) is 8.71. The smallest absolute Gasteiger partial charge is 0.234 e. The minimum absolute atomic E-state index is 0.0750. The summed E-state index contributed by atoms with van der Waals surface area (Å²) in [6.07, 6.45) is 6.63. The number of aromatic nitrogens is 2. The van der Waals surface area contributed by atoms with Gasteiger partial charge in [0.2, 0.25) is 5.91 Å². The first-order valence-electron chi connectivity index (χ1n) is 8.71. The molecule has 0 saturated heterocycles. The van der Waals surface area contributed by atoms with Crippen LogP contribution in [-0.2, 0) is 4.79 Å². The van der Waals surface area contributed by atoms with Crippen molar-refractivity contribution in [1.29, 1.82) is 5.26 Å². The van der Waals surface area contributed by atoms with Crippen LogP contribution in [0.15, 0.2) is 23.6 Å². The maximum Gasteiger partial charge on any atom is 0.234 e. The highest BCUT2D eigenvalue weighted by molar-refractivity contribution is 6.05. The normalized spacial score (nSPS) is 20.2. The number of amides is 1. The molecule has 7 N–H and O–H groups in total. The van der Waals surface area contributed by atoms with Gasteiger partial charge < -0.3 is 27.3 Å². The minimum Gasteiger partial charge on any atom is -0.409 e. The molecule has 1 aliphatic carbocycles. The van der Waals surface area contributed by atoms with Crippen molar-refractivity contribution in [2.24, 2.45) is 10.9 Å². The van der Waals surface area contributed by atoms with E-state index in [0.29, 0.717) is 22.5 Å². The predicted molar refractivity (Wildman–Crippen MR) is 100 cm³/mol. The van der Waals surface area contributed by atoms with E-state index in [1.807, 2.05) is 6.07 Å².